The van der Waals surface area contributed by atoms with E-state index in [1.807, 2.05) is 29.2 Å². The Morgan fingerprint density at radius 1 is 1.11 bits per heavy atom. The van der Waals surface area contributed by atoms with Gasteiger partial charge in [0.15, 0.2) is 5.76 Å². The maximum Gasteiger partial charge on any atom is 0.263 e. The van der Waals surface area contributed by atoms with Crippen LogP contribution in [-0.4, -0.2) is 41.9 Å². The maximum absolute atomic E-state index is 13.8. The fraction of sp³-hybridized carbons (Fsp3) is 0.485. The Morgan fingerprint density at radius 2 is 1.89 bits per heavy atom. The van der Waals surface area contributed by atoms with E-state index in [2.05, 4.69) is 16.8 Å². The Labute approximate surface area is 264 Å². The van der Waals surface area contributed by atoms with Crippen LogP contribution in [0.15, 0.2) is 56.9 Å². The third kappa shape index (κ3) is 6.04. The summed E-state index contributed by atoms with van der Waals surface area (Å²) in [5.74, 6) is 1.27. The van der Waals surface area contributed by atoms with Crippen LogP contribution in [0.3, 0.4) is 0 Å². The van der Waals surface area contributed by atoms with Crippen LogP contribution in [-0.2, 0) is 32.7 Å². The first-order valence-corrected chi connectivity index (χ1v) is 17.4. The quantitative estimate of drug-likeness (QED) is 0.221. The van der Waals surface area contributed by atoms with Gasteiger partial charge in [-0.3, -0.25) is 19.4 Å². The molecule has 11 heteroatoms. The summed E-state index contributed by atoms with van der Waals surface area (Å²) in [7, 11) is -4.07. The number of aliphatic imine (C=N–C) groups is 1. The Balaban J connectivity index is 1.34. The summed E-state index contributed by atoms with van der Waals surface area (Å²) in [5.41, 5.74) is 2.50. The standard InChI is InChI=1S/C33H39ClN4O5S/c1-3-4-14-29-35-33(17-7-8-18-33)32(39)38(29)20-23-15-16-26(24(19-23)21-42-25-10-9-11-25)27-12-5-6-13-28(27)44(40,41)37-31-30(34)22(2)43-36-31/h5-6,12-13,15-16,19,25H,3-4,7-11,14,17-18,20-21H2,1-2H3,(H,36,37). The molecule has 0 unspecified atom stereocenters. The molecule has 44 heavy (non-hydrogen) atoms. The van der Waals surface area contributed by atoms with Gasteiger partial charge in [-0.1, -0.05) is 79.3 Å². The van der Waals surface area contributed by atoms with E-state index in [9.17, 15) is 13.2 Å². The molecule has 1 N–H and O–H groups in total. The first-order valence-electron chi connectivity index (χ1n) is 15.6. The summed E-state index contributed by atoms with van der Waals surface area (Å²) in [6, 6.07) is 12.8. The monoisotopic (exact) mass is 638 g/mol. The topological polar surface area (TPSA) is 114 Å². The van der Waals surface area contributed by atoms with E-state index in [0.29, 0.717) is 24.5 Å². The van der Waals surface area contributed by atoms with Gasteiger partial charge in [0.2, 0.25) is 5.82 Å². The zero-order valence-electron chi connectivity index (χ0n) is 25.3. The number of nitrogens with zero attached hydrogens (tertiary/aromatic N) is 3. The third-order valence-electron chi connectivity index (χ3n) is 9.01. The summed E-state index contributed by atoms with van der Waals surface area (Å²) in [6.07, 6.45) is 9.86. The first-order chi connectivity index (χ1) is 21.2. The van der Waals surface area contributed by atoms with Crippen molar-refractivity contribution < 1.29 is 22.5 Å². The Bertz CT molecular complexity index is 1670. The summed E-state index contributed by atoms with van der Waals surface area (Å²) in [4.78, 5) is 20.8. The number of carbonyl (C=O) groups is 1. The van der Waals surface area contributed by atoms with Crippen molar-refractivity contribution >= 4 is 39.2 Å². The number of hydrogen-bond donors (Lipinski definition) is 1. The lowest BCUT2D eigenvalue weighted by Crippen LogP contribution is -2.40. The molecule has 0 bridgehead atoms. The molecule has 2 heterocycles. The molecule has 1 aliphatic heterocycles. The minimum Gasteiger partial charge on any atom is -0.374 e. The lowest BCUT2D eigenvalue weighted by Gasteiger charge is -2.27. The average Bonchev–Trinajstić information content (AvgIpc) is 3.66. The predicted molar refractivity (Wildman–Crippen MR) is 170 cm³/mol. The molecule has 0 saturated heterocycles. The van der Waals surface area contributed by atoms with Crippen LogP contribution in [0.2, 0.25) is 5.02 Å². The molecule has 1 amide bonds. The largest absolute Gasteiger partial charge is 0.374 e. The zero-order valence-corrected chi connectivity index (χ0v) is 26.8. The SMILES string of the molecule is CCCCC1=NC2(CCCC2)C(=O)N1Cc1ccc(-c2ccccc2S(=O)(=O)Nc2noc(C)c2Cl)c(COC2CCC2)c1. The van der Waals surface area contributed by atoms with Crippen molar-refractivity contribution in [2.45, 2.75) is 108 Å². The maximum atomic E-state index is 13.8. The molecule has 3 aromatic rings. The summed E-state index contributed by atoms with van der Waals surface area (Å²) in [6.45, 7) is 4.51. The molecule has 1 spiro atoms. The normalized spacial score (nSPS) is 18.2. The fourth-order valence-corrected chi connectivity index (χ4v) is 7.68. The average molecular weight is 639 g/mol. The minimum absolute atomic E-state index is 0.0567. The Kier molecular flexibility index (Phi) is 8.86. The number of nitrogens with one attached hydrogen (secondary N) is 1. The molecule has 9 nitrogen and oxygen atoms in total. The van der Waals surface area contributed by atoms with Gasteiger partial charge < -0.3 is 9.26 Å². The van der Waals surface area contributed by atoms with Crippen molar-refractivity contribution in [3.05, 3.63) is 64.4 Å². The predicted octanol–water partition coefficient (Wildman–Crippen LogP) is 7.42. The van der Waals surface area contributed by atoms with Crippen LogP contribution in [0, 0.1) is 6.92 Å². The highest BCUT2D eigenvalue weighted by atomic mass is 35.5. The van der Waals surface area contributed by atoms with Crippen molar-refractivity contribution in [2.75, 3.05) is 4.72 Å². The van der Waals surface area contributed by atoms with Gasteiger partial charge in [0.1, 0.15) is 16.4 Å². The molecule has 6 rings (SSSR count). The molecule has 2 aromatic carbocycles. The number of carbonyl (C=O) groups excluding carboxylic acids is 1. The van der Waals surface area contributed by atoms with Gasteiger partial charge in [-0.25, -0.2) is 8.42 Å². The number of benzene rings is 2. The van der Waals surface area contributed by atoms with Crippen molar-refractivity contribution in [3.63, 3.8) is 0 Å². The number of hydrogen-bond acceptors (Lipinski definition) is 7. The van der Waals surface area contributed by atoms with Crippen LogP contribution >= 0.6 is 11.6 Å². The molecular formula is C33H39ClN4O5S. The molecule has 234 valence electrons. The molecule has 3 aliphatic rings. The molecular weight excluding hydrogens is 600 g/mol. The highest BCUT2D eigenvalue weighted by Gasteiger charge is 2.49. The smallest absolute Gasteiger partial charge is 0.263 e. The third-order valence-corrected chi connectivity index (χ3v) is 10.9. The first kappa shape index (κ1) is 30.8. The summed E-state index contributed by atoms with van der Waals surface area (Å²) < 4.78 is 41.0. The van der Waals surface area contributed by atoms with Gasteiger partial charge in [-0.15, -0.1) is 0 Å². The number of amidine groups is 1. The highest BCUT2D eigenvalue weighted by Crippen LogP contribution is 2.41. The molecule has 2 aliphatic carbocycles. The number of rotatable bonds is 12. The van der Waals surface area contributed by atoms with Gasteiger partial charge in [-0.05, 0) is 68.2 Å². The van der Waals surface area contributed by atoms with Crippen LogP contribution in [0.1, 0.15) is 88.0 Å². The number of ether oxygens (including phenoxy) is 1. The van der Waals surface area contributed by atoms with E-state index < -0.39 is 15.6 Å². The van der Waals surface area contributed by atoms with Crippen LogP contribution in [0.4, 0.5) is 5.82 Å². The number of sulfonamides is 1. The van der Waals surface area contributed by atoms with Gasteiger partial charge in [0, 0.05) is 12.0 Å². The molecule has 2 saturated carbocycles. The summed E-state index contributed by atoms with van der Waals surface area (Å²) in [5, 5.41) is 3.88. The number of aryl methyl sites for hydroxylation is 1. The summed E-state index contributed by atoms with van der Waals surface area (Å²) >= 11 is 6.21. The molecule has 1 aromatic heterocycles. The van der Waals surface area contributed by atoms with Gasteiger partial charge >= 0.3 is 0 Å². The lowest BCUT2D eigenvalue weighted by molar-refractivity contribution is -0.131. The Morgan fingerprint density at radius 3 is 2.57 bits per heavy atom. The van der Waals surface area contributed by atoms with E-state index >= 15 is 0 Å². The second-order valence-corrected chi connectivity index (χ2v) is 14.1. The van der Waals surface area contributed by atoms with E-state index in [1.165, 1.54) is 0 Å². The second-order valence-electron chi connectivity index (χ2n) is 12.1. The number of halogens is 1. The van der Waals surface area contributed by atoms with Gasteiger partial charge in [0.25, 0.3) is 15.9 Å². The van der Waals surface area contributed by atoms with E-state index in [1.54, 1.807) is 25.1 Å². The lowest BCUT2D eigenvalue weighted by atomic mass is 9.95. The van der Waals surface area contributed by atoms with Crippen LogP contribution < -0.4 is 4.72 Å². The Hall–Kier alpha value is -3.21. The number of aromatic nitrogens is 1. The van der Waals surface area contributed by atoms with Gasteiger partial charge in [0.05, 0.1) is 24.2 Å². The number of unbranched alkanes of at least 4 members (excludes halogenated alkanes) is 1. The van der Waals surface area contributed by atoms with E-state index in [0.717, 1.165) is 86.7 Å². The number of amides is 1. The van der Waals surface area contributed by atoms with Crippen molar-refractivity contribution in [3.8, 4) is 11.1 Å². The minimum atomic E-state index is -4.07. The van der Waals surface area contributed by atoms with Gasteiger partial charge in [-0.2, -0.15) is 0 Å². The molecule has 2 fully saturated rings. The van der Waals surface area contributed by atoms with Crippen molar-refractivity contribution in [1.29, 1.82) is 0 Å². The second kappa shape index (κ2) is 12.7. The van der Waals surface area contributed by atoms with Crippen LogP contribution in [0.5, 0.6) is 0 Å². The fourth-order valence-electron chi connectivity index (χ4n) is 6.28. The zero-order chi connectivity index (χ0) is 30.9. The van der Waals surface area contributed by atoms with Crippen LogP contribution in [0.25, 0.3) is 11.1 Å². The van der Waals surface area contributed by atoms with Crippen molar-refractivity contribution in [2.24, 2.45) is 4.99 Å². The van der Waals surface area contributed by atoms with Crippen molar-refractivity contribution in [1.82, 2.24) is 10.1 Å². The van der Waals surface area contributed by atoms with E-state index in [-0.39, 0.29) is 27.7 Å². The number of anilines is 1. The van der Waals surface area contributed by atoms with E-state index in [4.69, 9.17) is 25.9 Å². The molecule has 0 radical (unpaired) electrons. The highest BCUT2D eigenvalue weighted by molar-refractivity contribution is 7.92. The molecule has 0 atom stereocenters.